The number of rotatable bonds is 3. The summed E-state index contributed by atoms with van der Waals surface area (Å²) in [6, 6.07) is -1.84. The van der Waals surface area contributed by atoms with E-state index in [1.807, 2.05) is 0 Å². The lowest BCUT2D eigenvalue weighted by atomic mass is 9.85. The molecule has 0 aromatic heterocycles. The largest absolute Gasteiger partial charge is 0.408 e. The first-order valence-electron chi connectivity index (χ1n) is 7.44. The van der Waals surface area contributed by atoms with E-state index in [0.29, 0.717) is 12.8 Å². The molecule has 2 saturated carbocycles. The van der Waals surface area contributed by atoms with Gasteiger partial charge in [0.05, 0.1) is 0 Å². The second-order valence-electron chi connectivity index (χ2n) is 6.20. The lowest BCUT2D eigenvalue weighted by molar-refractivity contribution is -0.173. The Balaban J connectivity index is 1.95. The van der Waals surface area contributed by atoms with Crippen LogP contribution >= 0.6 is 0 Å². The van der Waals surface area contributed by atoms with Crippen molar-refractivity contribution in [2.75, 3.05) is 0 Å². The van der Waals surface area contributed by atoms with Crippen LogP contribution in [0.2, 0.25) is 0 Å². The van der Waals surface area contributed by atoms with E-state index < -0.39 is 48.7 Å². The maximum atomic E-state index is 13.1. The minimum absolute atomic E-state index is 0.0475. The van der Waals surface area contributed by atoms with E-state index in [-0.39, 0.29) is 12.8 Å². The summed E-state index contributed by atoms with van der Waals surface area (Å²) in [4.78, 5) is 12.0. The SMILES string of the molecule is O=C(NC(C1CCCC1)C(F)(F)F)C1CCC(F)(F)CC1. The second-order valence-corrected chi connectivity index (χ2v) is 6.20. The molecule has 2 aliphatic carbocycles. The summed E-state index contributed by atoms with van der Waals surface area (Å²) >= 11 is 0. The smallest absolute Gasteiger partial charge is 0.344 e. The van der Waals surface area contributed by atoms with Gasteiger partial charge in [0.2, 0.25) is 11.8 Å². The first-order valence-corrected chi connectivity index (χ1v) is 7.44. The summed E-state index contributed by atoms with van der Waals surface area (Å²) in [5, 5.41) is 2.09. The highest BCUT2D eigenvalue weighted by Crippen LogP contribution is 2.38. The van der Waals surface area contributed by atoms with E-state index in [9.17, 15) is 26.7 Å². The Bertz CT molecular complexity index is 366. The van der Waals surface area contributed by atoms with Crippen LogP contribution < -0.4 is 5.32 Å². The average molecular weight is 313 g/mol. The van der Waals surface area contributed by atoms with Crippen LogP contribution in [0.15, 0.2) is 0 Å². The molecule has 0 spiro atoms. The second kappa shape index (κ2) is 6.08. The standard InChI is InChI=1S/C14H20F5NO/c15-13(16)7-5-10(6-8-13)12(21)20-11(14(17,18)19)9-3-1-2-4-9/h9-11H,1-8H2,(H,20,21). The zero-order valence-corrected chi connectivity index (χ0v) is 11.7. The number of hydrogen-bond acceptors (Lipinski definition) is 1. The van der Waals surface area contributed by atoms with Gasteiger partial charge in [-0.1, -0.05) is 12.8 Å². The summed E-state index contributed by atoms with van der Waals surface area (Å²) in [7, 11) is 0. The van der Waals surface area contributed by atoms with Crippen LogP contribution in [0.4, 0.5) is 22.0 Å². The molecule has 0 aliphatic heterocycles. The number of hydrogen-bond donors (Lipinski definition) is 1. The third-order valence-corrected chi connectivity index (χ3v) is 4.61. The average Bonchev–Trinajstić information content (AvgIpc) is 2.87. The van der Waals surface area contributed by atoms with Crippen molar-refractivity contribution >= 4 is 5.91 Å². The number of halogens is 5. The number of nitrogens with one attached hydrogen (secondary N) is 1. The Kier molecular flexibility index (Phi) is 4.78. The fourth-order valence-corrected chi connectivity index (χ4v) is 3.33. The van der Waals surface area contributed by atoms with Gasteiger partial charge in [-0.15, -0.1) is 0 Å². The Labute approximate surface area is 120 Å². The Morgan fingerprint density at radius 1 is 1.05 bits per heavy atom. The predicted octanol–water partition coefficient (Wildman–Crippen LogP) is 4.05. The quantitative estimate of drug-likeness (QED) is 0.783. The van der Waals surface area contributed by atoms with E-state index in [1.165, 1.54) is 0 Å². The zero-order valence-electron chi connectivity index (χ0n) is 11.7. The maximum absolute atomic E-state index is 13.1. The molecule has 7 heteroatoms. The van der Waals surface area contributed by atoms with Crippen molar-refractivity contribution in [3.05, 3.63) is 0 Å². The normalized spacial score (nSPS) is 25.8. The highest BCUT2D eigenvalue weighted by molar-refractivity contribution is 5.79. The van der Waals surface area contributed by atoms with Crippen molar-refractivity contribution in [3.8, 4) is 0 Å². The van der Waals surface area contributed by atoms with Gasteiger partial charge in [-0.25, -0.2) is 8.78 Å². The molecule has 1 atom stereocenters. The number of amides is 1. The molecule has 0 aromatic rings. The van der Waals surface area contributed by atoms with Crippen molar-refractivity contribution < 1.29 is 26.7 Å². The fourth-order valence-electron chi connectivity index (χ4n) is 3.33. The monoisotopic (exact) mass is 313 g/mol. The van der Waals surface area contributed by atoms with Crippen LogP contribution in [0.25, 0.3) is 0 Å². The molecular weight excluding hydrogens is 293 g/mol. The summed E-state index contributed by atoms with van der Waals surface area (Å²) in [6.45, 7) is 0. The van der Waals surface area contributed by atoms with Crippen LogP contribution in [-0.2, 0) is 4.79 Å². The topological polar surface area (TPSA) is 29.1 Å². The molecule has 0 heterocycles. The van der Waals surface area contributed by atoms with Crippen molar-refractivity contribution in [3.63, 3.8) is 0 Å². The van der Waals surface area contributed by atoms with Gasteiger partial charge < -0.3 is 5.32 Å². The molecule has 1 unspecified atom stereocenters. The molecule has 0 bridgehead atoms. The lowest BCUT2D eigenvalue weighted by Crippen LogP contribution is -2.51. The first-order chi connectivity index (χ1) is 9.69. The van der Waals surface area contributed by atoms with E-state index in [4.69, 9.17) is 0 Å². The molecule has 21 heavy (non-hydrogen) atoms. The molecule has 2 nitrogen and oxygen atoms in total. The van der Waals surface area contributed by atoms with E-state index in [2.05, 4.69) is 5.32 Å². The minimum atomic E-state index is -4.48. The van der Waals surface area contributed by atoms with Crippen LogP contribution in [0.3, 0.4) is 0 Å². The highest BCUT2D eigenvalue weighted by Gasteiger charge is 2.47. The highest BCUT2D eigenvalue weighted by atomic mass is 19.4. The maximum Gasteiger partial charge on any atom is 0.408 e. The third kappa shape index (κ3) is 4.30. The number of carbonyl (C=O) groups is 1. The first kappa shape index (κ1) is 16.5. The van der Waals surface area contributed by atoms with Crippen LogP contribution in [-0.4, -0.2) is 24.0 Å². The molecule has 2 fully saturated rings. The van der Waals surface area contributed by atoms with Gasteiger partial charge in [0.15, 0.2) is 0 Å². The predicted molar refractivity (Wildman–Crippen MR) is 66.8 cm³/mol. The summed E-state index contributed by atoms with van der Waals surface area (Å²) in [5.74, 6) is -4.82. The fraction of sp³-hybridized carbons (Fsp3) is 0.929. The summed E-state index contributed by atoms with van der Waals surface area (Å²) < 4.78 is 65.3. The van der Waals surface area contributed by atoms with Crippen molar-refractivity contribution in [2.45, 2.75) is 69.5 Å². The number of carbonyl (C=O) groups excluding carboxylic acids is 1. The number of alkyl halides is 5. The van der Waals surface area contributed by atoms with Gasteiger partial charge in [0, 0.05) is 18.8 Å². The van der Waals surface area contributed by atoms with Gasteiger partial charge in [0.25, 0.3) is 0 Å². The van der Waals surface area contributed by atoms with Gasteiger partial charge >= 0.3 is 6.18 Å². The van der Waals surface area contributed by atoms with E-state index >= 15 is 0 Å². The van der Waals surface area contributed by atoms with E-state index in [0.717, 1.165) is 12.8 Å². The molecule has 1 amide bonds. The molecule has 0 radical (unpaired) electrons. The Morgan fingerprint density at radius 3 is 2.05 bits per heavy atom. The van der Waals surface area contributed by atoms with Gasteiger partial charge in [0.1, 0.15) is 6.04 Å². The van der Waals surface area contributed by atoms with Crippen LogP contribution in [0, 0.1) is 11.8 Å². The lowest BCUT2D eigenvalue weighted by Gasteiger charge is -2.31. The zero-order chi connectivity index (χ0) is 15.7. The van der Waals surface area contributed by atoms with E-state index in [1.54, 1.807) is 0 Å². The molecule has 2 aliphatic rings. The van der Waals surface area contributed by atoms with Crippen LogP contribution in [0.1, 0.15) is 51.4 Å². The molecule has 1 N–H and O–H groups in total. The summed E-state index contributed by atoms with van der Waals surface area (Å²) in [5.41, 5.74) is 0. The molecule has 122 valence electrons. The summed E-state index contributed by atoms with van der Waals surface area (Å²) in [6.07, 6.45) is -3.05. The van der Waals surface area contributed by atoms with Gasteiger partial charge in [-0.05, 0) is 31.6 Å². The molecule has 0 saturated heterocycles. The molecule has 2 rings (SSSR count). The third-order valence-electron chi connectivity index (χ3n) is 4.61. The molecular formula is C14H20F5NO. The minimum Gasteiger partial charge on any atom is -0.344 e. The molecule has 0 aromatic carbocycles. The Hall–Kier alpha value is -0.880. The van der Waals surface area contributed by atoms with Crippen LogP contribution in [0.5, 0.6) is 0 Å². The van der Waals surface area contributed by atoms with Crippen molar-refractivity contribution in [1.29, 1.82) is 0 Å². The van der Waals surface area contributed by atoms with Gasteiger partial charge in [-0.3, -0.25) is 4.79 Å². The van der Waals surface area contributed by atoms with Crippen molar-refractivity contribution in [1.82, 2.24) is 5.32 Å². The van der Waals surface area contributed by atoms with Gasteiger partial charge in [-0.2, -0.15) is 13.2 Å². The van der Waals surface area contributed by atoms with Crippen molar-refractivity contribution in [2.24, 2.45) is 11.8 Å². The Morgan fingerprint density at radius 2 is 1.57 bits per heavy atom.